The molecule has 0 fully saturated rings. The minimum atomic E-state index is -0.774. The zero-order valence-corrected chi connectivity index (χ0v) is 9.53. The number of carboxylic acid groups (broad SMARTS) is 1. The number of hydrogen-bond donors (Lipinski definition) is 1. The topological polar surface area (TPSA) is 37.3 Å². The lowest BCUT2D eigenvalue weighted by molar-refractivity contribution is -0.136. The summed E-state index contributed by atoms with van der Waals surface area (Å²) in [6, 6.07) is 7.87. The van der Waals surface area contributed by atoms with Crippen molar-refractivity contribution in [1.82, 2.24) is 0 Å². The summed E-state index contributed by atoms with van der Waals surface area (Å²) < 4.78 is 0. The highest BCUT2D eigenvalue weighted by atomic mass is 16.4. The second-order valence-corrected chi connectivity index (χ2v) is 4.35. The van der Waals surface area contributed by atoms with Crippen LogP contribution in [0.3, 0.4) is 0 Å². The lowest BCUT2D eigenvalue weighted by Gasteiger charge is -2.16. The van der Waals surface area contributed by atoms with Gasteiger partial charge in [0.05, 0.1) is 6.42 Å². The molecule has 0 heterocycles. The van der Waals surface area contributed by atoms with Crippen LogP contribution in [0.5, 0.6) is 0 Å². The van der Waals surface area contributed by atoms with Crippen molar-refractivity contribution in [3.63, 3.8) is 0 Å². The molecule has 0 aliphatic carbocycles. The Labute approximate surface area is 90.9 Å². The monoisotopic (exact) mass is 206 g/mol. The first-order valence-electron chi connectivity index (χ1n) is 5.31. The van der Waals surface area contributed by atoms with E-state index in [1.165, 1.54) is 5.56 Å². The van der Waals surface area contributed by atoms with Gasteiger partial charge < -0.3 is 5.11 Å². The molecule has 0 saturated heterocycles. The third-order valence-corrected chi connectivity index (χ3v) is 2.83. The molecule has 0 saturated carbocycles. The van der Waals surface area contributed by atoms with Gasteiger partial charge in [-0.3, -0.25) is 4.79 Å². The maximum Gasteiger partial charge on any atom is 0.307 e. The van der Waals surface area contributed by atoms with Crippen molar-refractivity contribution in [2.45, 2.75) is 33.1 Å². The molecule has 1 aromatic carbocycles. The lowest BCUT2D eigenvalue weighted by Crippen LogP contribution is -2.04. The van der Waals surface area contributed by atoms with E-state index in [1.807, 2.05) is 18.2 Å². The maximum atomic E-state index is 10.6. The predicted molar refractivity (Wildman–Crippen MR) is 61.0 cm³/mol. The maximum absolute atomic E-state index is 10.6. The normalized spacial score (nSPS) is 12.8. The zero-order valence-electron chi connectivity index (χ0n) is 9.53. The van der Waals surface area contributed by atoms with Crippen LogP contribution in [0.1, 0.15) is 37.8 Å². The molecule has 0 spiro atoms. The third kappa shape index (κ3) is 3.39. The molecule has 1 rings (SSSR count). The molecule has 15 heavy (non-hydrogen) atoms. The molecule has 0 aliphatic rings. The SMILES string of the molecule is CC(C)C(C)c1cccc(CC(=O)O)c1. The summed E-state index contributed by atoms with van der Waals surface area (Å²) >= 11 is 0. The van der Waals surface area contributed by atoms with Crippen LogP contribution in [0.4, 0.5) is 0 Å². The van der Waals surface area contributed by atoms with Gasteiger partial charge in [-0.25, -0.2) is 0 Å². The number of hydrogen-bond acceptors (Lipinski definition) is 1. The van der Waals surface area contributed by atoms with Gasteiger partial charge in [-0.05, 0) is 23.0 Å². The van der Waals surface area contributed by atoms with Crippen molar-refractivity contribution < 1.29 is 9.90 Å². The first-order valence-corrected chi connectivity index (χ1v) is 5.31. The molecule has 1 N–H and O–H groups in total. The average molecular weight is 206 g/mol. The molecule has 1 aromatic rings. The Morgan fingerprint density at radius 3 is 2.53 bits per heavy atom. The summed E-state index contributed by atoms with van der Waals surface area (Å²) in [6.07, 6.45) is 0.110. The fourth-order valence-electron chi connectivity index (χ4n) is 1.55. The van der Waals surface area contributed by atoms with Crippen LogP contribution in [-0.2, 0) is 11.2 Å². The van der Waals surface area contributed by atoms with Crippen molar-refractivity contribution in [2.24, 2.45) is 5.92 Å². The molecule has 0 amide bonds. The fraction of sp³-hybridized carbons (Fsp3) is 0.462. The molecule has 1 unspecified atom stereocenters. The molecule has 0 radical (unpaired) electrons. The van der Waals surface area contributed by atoms with Gasteiger partial charge in [-0.2, -0.15) is 0 Å². The van der Waals surface area contributed by atoms with Gasteiger partial charge in [0.25, 0.3) is 0 Å². The summed E-state index contributed by atoms with van der Waals surface area (Å²) in [7, 11) is 0. The van der Waals surface area contributed by atoms with Gasteiger partial charge in [-0.15, -0.1) is 0 Å². The Hall–Kier alpha value is -1.31. The van der Waals surface area contributed by atoms with Gasteiger partial charge in [-0.1, -0.05) is 45.0 Å². The molecule has 2 heteroatoms. The standard InChI is InChI=1S/C13H18O2/c1-9(2)10(3)12-6-4-5-11(7-12)8-13(14)15/h4-7,9-10H,8H2,1-3H3,(H,14,15). The molecule has 1 atom stereocenters. The van der Waals surface area contributed by atoms with Crippen LogP contribution < -0.4 is 0 Å². The van der Waals surface area contributed by atoms with Crippen molar-refractivity contribution in [1.29, 1.82) is 0 Å². The Balaban J connectivity index is 2.87. The summed E-state index contributed by atoms with van der Waals surface area (Å²) in [5, 5.41) is 8.71. The highest BCUT2D eigenvalue weighted by Gasteiger charge is 2.10. The van der Waals surface area contributed by atoms with Gasteiger partial charge in [0, 0.05) is 0 Å². The highest BCUT2D eigenvalue weighted by molar-refractivity contribution is 5.70. The van der Waals surface area contributed by atoms with Gasteiger partial charge in [0.15, 0.2) is 0 Å². The van der Waals surface area contributed by atoms with E-state index in [1.54, 1.807) is 0 Å². The quantitative estimate of drug-likeness (QED) is 0.822. The van der Waals surface area contributed by atoms with Crippen LogP contribution in [0, 0.1) is 5.92 Å². The van der Waals surface area contributed by atoms with E-state index in [0.29, 0.717) is 11.8 Å². The minimum absolute atomic E-state index is 0.110. The summed E-state index contributed by atoms with van der Waals surface area (Å²) in [5.41, 5.74) is 2.11. The summed E-state index contributed by atoms with van der Waals surface area (Å²) in [6.45, 7) is 6.52. The van der Waals surface area contributed by atoms with Crippen LogP contribution in [0.15, 0.2) is 24.3 Å². The number of rotatable bonds is 4. The van der Waals surface area contributed by atoms with E-state index >= 15 is 0 Å². The molecule has 0 aromatic heterocycles. The minimum Gasteiger partial charge on any atom is -0.481 e. The summed E-state index contributed by atoms with van der Waals surface area (Å²) in [5.74, 6) is 0.271. The van der Waals surface area contributed by atoms with Crippen molar-refractivity contribution in [3.8, 4) is 0 Å². The lowest BCUT2D eigenvalue weighted by atomic mass is 9.89. The average Bonchev–Trinajstić information content (AvgIpc) is 2.16. The number of carboxylic acids is 1. The summed E-state index contributed by atoms with van der Waals surface area (Å²) in [4.78, 5) is 10.6. The molecule has 2 nitrogen and oxygen atoms in total. The van der Waals surface area contributed by atoms with Crippen LogP contribution in [0.2, 0.25) is 0 Å². The van der Waals surface area contributed by atoms with E-state index < -0.39 is 5.97 Å². The second kappa shape index (κ2) is 4.96. The van der Waals surface area contributed by atoms with Gasteiger partial charge in [0.1, 0.15) is 0 Å². The van der Waals surface area contributed by atoms with Crippen LogP contribution >= 0.6 is 0 Å². The first-order chi connectivity index (χ1) is 7.00. The van der Waals surface area contributed by atoms with E-state index in [-0.39, 0.29) is 6.42 Å². The fourth-order valence-corrected chi connectivity index (χ4v) is 1.55. The number of benzene rings is 1. The molecular formula is C13H18O2. The Morgan fingerprint density at radius 1 is 1.33 bits per heavy atom. The van der Waals surface area contributed by atoms with Gasteiger partial charge >= 0.3 is 5.97 Å². The van der Waals surface area contributed by atoms with Crippen LogP contribution in [-0.4, -0.2) is 11.1 Å². The Bertz CT molecular complexity index is 342. The Morgan fingerprint density at radius 2 is 2.00 bits per heavy atom. The number of aliphatic carboxylic acids is 1. The van der Waals surface area contributed by atoms with E-state index in [2.05, 4.69) is 26.8 Å². The van der Waals surface area contributed by atoms with E-state index in [9.17, 15) is 4.79 Å². The van der Waals surface area contributed by atoms with E-state index in [0.717, 1.165) is 5.56 Å². The predicted octanol–water partition coefficient (Wildman–Crippen LogP) is 3.07. The van der Waals surface area contributed by atoms with Gasteiger partial charge in [0.2, 0.25) is 0 Å². The van der Waals surface area contributed by atoms with Crippen molar-refractivity contribution in [2.75, 3.05) is 0 Å². The smallest absolute Gasteiger partial charge is 0.307 e. The third-order valence-electron chi connectivity index (χ3n) is 2.83. The first kappa shape index (κ1) is 11.8. The molecular weight excluding hydrogens is 188 g/mol. The van der Waals surface area contributed by atoms with Crippen LogP contribution in [0.25, 0.3) is 0 Å². The molecule has 0 bridgehead atoms. The second-order valence-electron chi connectivity index (χ2n) is 4.35. The van der Waals surface area contributed by atoms with E-state index in [4.69, 9.17) is 5.11 Å². The van der Waals surface area contributed by atoms with Crippen molar-refractivity contribution in [3.05, 3.63) is 35.4 Å². The molecule has 82 valence electrons. The Kier molecular flexibility index (Phi) is 3.89. The number of carbonyl (C=O) groups is 1. The zero-order chi connectivity index (χ0) is 11.4. The highest BCUT2D eigenvalue weighted by Crippen LogP contribution is 2.24. The van der Waals surface area contributed by atoms with Crippen molar-refractivity contribution >= 4 is 5.97 Å². The molecule has 0 aliphatic heterocycles. The largest absolute Gasteiger partial charge is 0.481 e.